The molecule has 14 heteroatoms. The predicted octanol–water partition coefficient (Wildman–Crippen LogP) is 4.64. The van der Waals surface area contributed by atoms with E-state index < -0.39 is 35.9 Å². The highest BCUT2D eigenvalue weighted by atomic mass is 35.5. The average molecular weight is 533 g/mol. The third-order valence-corrected chi connectivity index (χ3v) is 6.48. The molecule has 0 unspecified atom stereocenters. The molecule has 1 aliphatic heterocycles. The number of benzene rings is 1. The lowest BCUT2D eigenvalue weighted by atomic mass is 10.1. The highest BCUT2D eigenvalue weighted by molar-refractivity contribution is 6.32. The van der Waals surface area contributed by atoms with Gasteiger partial charge in [-0.3, -0.25) is 9.69 Å². The molecule has 0 atom stereocenters. The van der Waals surface area contributed by atoms with E-state index in [9.17, 15) is 41.0 Å². The topological polar surface area (TPSA) is 79.3 Å². The Morgan fingerprint density at radius 3 is 2.14 bits per heavy atom. The second-order valence-electron chi connectivity index (χ2n) is 8.67. The molecule has 2 fully saturated rings. The van der Waals surface area contributed by atoms with E-state index >= 15 is 0 Å². The summed E-state index contributed by atoms with van der Waals surface area (Å²) in [7, 11) is 0. The number of aryl methyl sites for hydroxylation is 1. The molecule has 0 spiro atoms. The Bertz CT molecular complexity index is 945. The Morgan fingerprint density at radius 2 is 1.66 bits per heavy atom. The highest BCUT2D eigenvalue weighted by Crippen LogP contribution is 2.47. The van der Waals surface area contributed by atoms with Crippen molar-refractivity contribution in [3.8, 4) is 5.75 Å². The fraction of sp³-hybridized carbons (Fsp3) is 0.619. The van der Waals surface area contributed by atoms with E-state index in [0.717, 1.165) is 4.90 Å². The molecule has 1 aromatic rings. The van der Waals surface area contributed by atoms with Crippen LogP contribution in [0.3, 0.4) is 0 Å². The van der Waals surface area contributed by atoms with Gasteiger partial charge in [0.15, 0.2) is 0 Å². The molecule has 7 nitrogen and oxygen atoms in total. The summed E-state index contributed by atoms with van der Waals surface area (Å²) < 4.78 is 85.5. The number of carbonyl (C=O) groups is 2. The maximum Gasteiger partial charge on any atom is 0.434 e. The van der Waals surface area contributed by atoms with Crippen LogP contribution in [0.15, 0.2) is 12.1 Å². The van der Waals surface area contributed by atoms with Crippen LogP contribution in [-0.2, 0) is 16.1 Å². The van der Waals surface area contributed by atoms with Crippen molar-refractivity contribution >= 4 is 23.7 Å². The van der Waals surface area contributed by atoms with Gasteiger partial charge in [0, 0.05) is 38.3 Å². The Morgan fingerprint density at radius 1 is 1.09 bits per heavy atom. The van der Waals surface area contributed by atoms with Gasteiger partial charge < -0.3 is 19.5 Å². The number of hydrogen-bond acceptors (Lipinski definition) is 5. The van der Waals surface area contributed by atoms with Gasteiger partial charge in [-0.15, -0.1) is 0 Å². The first kappa shape index (κ1) is 27.2. The number of carboxylic acid groups (broad SMARTS) is 1. The Hall–Kier alpha value is -2.41. The molecule has 1 amide bonds. The summed E-state index contributed by atoms with van der Waals surface area (Å²) in [5, 5.41) is 9.68. The summed E-state index contributed by atoms with van der Waals surface area (Å²) in [6.45, 7) is 1.92. The third-order valence-electron chi connectivity index (χ3n) is 6.01. The standard InChI is InChI=1S/C21H23ClF6N2O5/c1-12-2-3-13(15(14(12)22)34-11-19(4-5-19)17(31)32)10-29-6-8-30(9-7-29)18(33)35-16(20(23,24)25)21(26,27)28/h2-3,16H,4-11H2,1H3,(H,31,32). The molecule has 0 bridgehead atoms. The Labute approximate surface area is 201 Å². The van der Waals surface area contributed by atoms with Gasteiger partial charge in [0.1, 0.15) is 17.8 Å². The summed E-state index contributed by atoms with van der Waals surface area (Å²) >= 11 is 6.39. The molecule has 1 aromatic carbocycles. The molecule has 1 aliphatic carbocycles. The van der Waals surface area contributed by atoms with Crippen LogP contribution >= 0.6 is 11.6 Å². The Balaban J connectivity index is 1.61. The fourth-order valence-electron chi connectivity index (χ4n) is 3.58. The summed E-state index contributed by atoms with van der Waals surface area (Å²) in [6, 6.07) is 3.49. The van der Waals surface area contributed by atoms with Crippen LogP contribution in [0.2, 0.25) is 5.02 Å². The first-order valence-electron chi connectivity index (χ1n) is 10.6. The second kappa shape index (κ2) is 9.92. The van der Waals surface area contributed by atoms with Gasteiger partial charge in [-0.25, -0.2) is 4.79 Å². The molecule has 35 heavy (non-hydrogen) atoms. The quantitative estimate of drug-likeness (QED) is 0.516. The zero-order chi connectivity index (χ0) is 26.2. The van der Waals surface area contributed by atoms with E-state index in [1.165, 1.54) is 0 Å². The molecular formula is C21H23ClF6N2O5. The van der Waals surface area contributed by atoms with Crippen LogP contribution in [0.1, 0.15) is 24.0 Å². The lowest BCUT2D eigenvalue weighted by Gasteiger charge is -2.35. The maximum absolute atomic E-state index is 12.7. The second-order valence-corrected chi connectivity index (χ2v) is 9.05. The van der Waals surface area contributed by atoms with Gasteiger partial charge in [0.25, 0.3) is 6.10 Å². The largest absolute Gasteiger partial charge is 0.490 e. The molecular weight excluding hydrogens is 510 g/mol. The molecule has 1 N–H and O–H groups in total. The zero-order valence-electron chi connectivity index (χ0n) is 18.5. The zero-order valence-corrected chi connectivity index (χ0v) is 19.3. The van der Waals surface area contributed by atoms with Gasteiger partial charge in [0.2, 0.25) is 0 Å². The lowest BCUT2D eigenvalue weighted by molar-refractivity contribution is -0.308. The van der Waals surface area contributed by atoms with E-state index in [1.807, 2.05) is 4.90 Å². The van der Waals surface area contributed by atoms with Crippen LogP contribution in [0.5, 0.6) is 5.75 Å². The van der Waals surface area contributed by atoms with E-state index in [-0.39, 0.29) is 39.3 Å². The third kappa shape index (κ3) is 6.43. The van der Waals surface area contributed by atoms with Crippen molar-refractivity contribution in [3.63, 3.8) is 0 Å². The van der Waals surface area contributed by atoms with E-state index in [0.29, 0.717) is 34.7 Å². The monoisotopic (exact) mass is 532 g/mol. The maximum atomic E-state index is 12.7. The normalized spacial score (nSPS) is 18.5. The van der Waals surface area contributed by atoms with Crippen molar-refractivity contribution in [1.82, 2.24) is 9.80 Å². The van der Waals surface area contributed by atoms with Gasteiger partial charge >= 0.3 is 24.4 Å². The smallest absolute Gasteiger partial charge is 0.434 e. The van der Waals surface area contributed by atoms with Crippen molar-refractivity contribution in [1.29, 1.82) is 0 Å². The summed E-state index contributed by atoms with van der Waals surface area (Å²) in [5.74, 6) is -0.636. The average Bonchev–Trinajstić information content (AvgIpc) is 3.54. The number of halogens is 7. The van der Waals surface area contributed by atoms with Crippen molar-refractivity contribution in [2.75, 3.05) is 32.8 Å². The summed E-state index contributed by atoms with van der Waals surface area (Å²) in [4.78, 5) is 26.0. The van der Waals surface area contributed by atoms with Crippen LogP contribution in [-0.4, -0.2) is 78.2 Å². The number of alkyl halides is 6. The molecule has 3 rings (SSSR count). The number of piperazine rings is 1. The Kier molecular flexibility index (Phi) is 7.70. The number of nitrogens with zero attached hydrogens (tertiary/aromatic N) is 2. The first-order chi connectivity index (χ1) is 16.1. The van der Waals surface area contributed by atoms with Crippen LogP contribution in [0, 0.1) is 12.3 Å². The van der Waals surface area contributed by atoms with Crippen LogP contribution in [0.4, 0.5) is 31.1 Å². The number of ether oxygens (including phenoxy) is 2. The molecule has 1 saturated heterocycles. The number of hydrogen-bond donors (Lipinski definition) is 1. The van der Waals surface area contributed by atoms with Crippen LogP contribution in [0.25, 0.3) is 0 Å². The van der Waals surface area contributed by atoms with Crippen LogP contribution < -0.4 is 4.74 Å². The van der Waals surface area contributed by atoms with Crippen molar-refractivity contribution in [3.05, 3.63) is 28.3 Å². The van der Waals surface area contributed by atoms with Crippen molar-refractivity contribution < 1.29 is 50.5 Å². The lowest BCUT2D eigenvalue weighted by Crippen LogP contribution is -2.52. The molecule has 0 aromatic heterocycles. The first-order valence-corrected chi connectivity index (χ1v) is 11.0. The van der Waals surface area contributed by atoms with E-state index in [1.54, 1.807) is 19.1 Å². The molecule has 1 heterocycles. The number of amides is 1. The van der Waals surface area contributed by atoms with Gasteiger partial charge in [-0.2, -0.15) is 26.3 Å². The predicted molar refractivity (Wildman–Crippen MR) is 110 cm³/mol. The molecule has 0 radical (unpaired) electrons. The number of rotatable bonds is 7. The minimum atomic E-state index is -5.78. The van der Waals surface area contributed by atoms with Crippen molar-refractivity contribution in [2.24, 2.45) is 5.41 Å². The van der Waals surface area contributed by atoms with Gasteiger partial charge in [-0.1, -0.05) is 23.7 Å². The summed E-state index contributed by atoms with van der Waals surface area (Å²) in [6.07, 6.45) is -16.5. The fourth-order valence-corrected chi connectivity index (χ4v) is 3.82. The SMILES string of the molecule is Cc1ccc(CN2CCN(C(=O)OC(C(F)(F)F)C(F)(F)F)CC2)c(OCC2(C(=O)O)CC2)c1Cl. The van der Waals surface area contributed by atoms with Gasteiger partial charge in [0.05, 0.1) is 5.02 Å². The molecule has 196 valence electrons. The minimum absolute atomic E-state index is 0.0578. The number of carboxylic acids is 1. The van der Waals surface area contributed by atoms with Crippen molar-refractivity contribution in [2.45, 2.75) is 44.8 Å². The number of carbonyl (C=O) groups excluding carboxylic acids is 1. The number of aliphatic carboxylic acids is 1. The highest BCUT2D eigenvalue weighted by Gasteiger charge is 2.60. The van der Waals surface area contributed by atoms with E-state index in [4.69, 9.17) is 16.3 Å². The van der Waals surface area contributed by atoms with Gasteiger partial charge in [-0.05, 0) is 25.3 Å². The summed E-state index contributed by atoms with van der Waals surface area (Å²) in [5.41, 5.74) is 0.398. The van der Waals surface area contributed by atoms with E-state index in [2.05, 4.69) is 4.74 Å². The minimum Gasteiger partial charge on any atom is -0.490 e. The molecule has 2 aliphatic rings. The molecule has 1 saturated carbocycles.